The van der Waals surface area contributed by atoms with Gasteiger partial charge in [0.05, 0.1) is 5.71 Å². The third kappa shape index (κ3) is 3.91. The molecule has 0 aliphatic heterocycles. The molecule has 1 aromatic heterocycles. The Balaban J connectivity index is 2.36. The van der Waals surface area contributed by atoms with Crippen LogP contribution in [0.15, 0.2) is 34.6 Å². The van der Waals surface area contributed by atoms with Crippen LogP contribution in [0.1, 0.15) is 36.6 Å². The highest BCUT2D eigenvalue weighted by molar-refractivity contribution is 6.11. The number of hydrogen-bond donors (Lipinski definition) is 1. The fourth-order valence-corrected chi connectivity index (χ4v) is 1.86. The van der Waals surface area contributed by atoms with Gasteiger partial charge in [0.15, 0.2) is 5.71 Å². The van der Waals surface area contributed by atoms with Crippen molar-refractivity contribution in [3.8, 4) is 0 Å². The van der Waals surface area contributed by atoms with Gasteiger partial charge < -0.3 is 9.68 Å². The van der Waals surface area contributed by atoms with E-state index in [0.29, 0.717) is 24.0 Å². The number of aryl methyl sites for hydroxylation is 1. The second kappa shape index (κ2) is 7.35. The van der Waals surface area contributed by atoms with Gasteiger partial charge in [-0.3, -0.25) is 5.10 Å². The number of oxime groups is 2. The summed E-state index contributed by atoms with van der Waals surface area (Å²) in [5.74, 6) is 1.18. The van der Waals surface area contributed by atoms with Gasteiger partial charge in [-0.2, -0.15) is 5.10 Å². The average molecular weight is 301 g/mol. The molecule has 0 saturated heterocycles. The van der Waals surface area contributed by atoms with Gasteiger partial charge in [-0.05, 0) is 20.8 Å². The van der Waals surface area contributed by atoms with E-state index in [1.165, 1.54) is 7.11 Å². The summed E-state index contributed by atoms with van der Waals surface area (Å²) in [5.41, 5.74) is 3.16. The molecule has 1 heterocycles. The van der Waals surface area contributed by atoms with Crippen LogP contribution in [0.25, 0.3) is 0 Å². The van der Waals surface area contributed by atoms with Gasteiger partial charge in [0.1, 0.15) is 19.5 Å². The molecular weight excluding hydrogens is 282 g/mol. The highest BCUT2D eigenvalue weighted by Gasteiger charge is 2.16. The molecule has 0 atom stereocenters. The summed E-state index contributed by atoms with van der Waals surface area (Å²) < 4.78 is 0. The number of H-pyrrole nitrogens is 1. The number of rotatable bonds is 6. The van der Waals surface area contributed by atoms with Crippen molar-refractivity contribution in [3.05, 3.63) is 47.0 Å². The normalized spacial score (nSPS) is 11.2. The van der Waals surface area contributed by atoms with Crippen molar-refractivity contribution in [1.82, 2.24) is 15.2 Å². The van der Waals surface area contributed by atoms with Crippen molar-refractivity contribution in [2.75, 3.05) is 7.11 Å². The van der Waals surface area contributed by atoms with E-state index in [-0.39, 0.29) is 0 Å². The molecule has 0 aliphatic carbocycles. The number of benzene rings is 1. The maximum atomic E-state index is 5.33. The van der Waals surface area contributed by atoms with Crippen LogP contribution < -0.4 is 0 Å². The molecule has 2 rings (SSSR count). The number of nitrogens with zero attached hydrogens (tertiary/aromatic N) is 4. The van der Waals surface area contributed by atoms with Crippen LogP contribution in [-0.2, 0) is 16.3 Å². The lowest BCUT2D eigenvalue weighted by Crippen LogP contribution is -2.10. The van der Waals surface area contributed by atoms with Gasteiger partial charge in [-0.1, -0.05) is 34.6 Å². The molecule has 0 saturated carbocycles. The molecule has 7 nitrogen and oxygen atoms in total. The maximum Gasteiger partial charge on any atom is 0.203 e. The van der Waals surface area contributed by atoms with Crippen LogP contribution in [0.3, 0.4) is 0 Å². The summed E-state index contributed by atoms with van der Waals surface area (Å²) in [5, 5.41) is 15.0. The van der Waals surface area contributed by atoms with Crippen molar-refractivity contribution in [3.63, 3.8) is 0 Å². The molecule has 1 N–H and O–H groups in total. The van der Waals surface area contributed by atoms with E-state index < -0.39 is 0 Å². The van der Waals surface area contributed by atoms with Crippen LogP contribution in [0.5, 0.6) is 0 Å². The summed E-state index contributed by atoms with van der Waals surface area (Å²) in [4.78, 5) is 14.6. The molecule has 0 radical (unpaired) electrons. The van der Waals surface area contributed by atoms with E-state index in [0.717, 1.165) is 16.8 Å². The largest absolute Gasteiger partial charge is 0.399 e. The number of aromatic nitrogens is 3. The van der Waals surface area contributed by atoms with E-state index in [1.807, 2.05) is 45.0 Å². The Morgan fingerprint density at radius 1 is 1.23 bits per heavy atom. The van der Waals surface area contributed by atoms with Crippen LogP contribution >= 0.6 is 0 Å². The fourth-order valence-electron chi connectivity index (χ4n) is 1.86. The molecule has 1 aromatic carbocycles. The number of hydrogen-bond acceptors (Lipinski definition) is 6. The van der Waals surface area contributed by atoms with Gasteiger partial charge in [-0.15, -0.1) is 0 Å². The van der Waals surface area contributed by atoms with Gasteiger partial charge >= 0.3 is 0 Å². The highest BCUT2D eigenvalue weighted by Crippen LogP contribution is 2.15. The average Bonchev–Trinajstić information content (AvgIpc) is 2.91. The van der Waals surface area contributed by atoms with Crippen molar-refractivity contribution in [1.29, 1.82) is 0 Å². The summed E-state index contributed by atoms with van der Waals surface area (Å²) in [7, 11) is 1.49. The Morgan fingerprint density at radius 2 is 2.00 bits per heavy atom. The Kier molecular flexibility index (Phi) is 5.24. The van der Waals surface area contributed by atoms with Crippen LogP contribution in [-0.4, -0.2) is 33.7 Å². The first-order chi connectivity index (χ1) is 10.6. The second-order valence-electron chi connectivity index (χ2n) is 4.84. The summed E-state index contributed by atoms with van der Waals surface area (Å²) >= 11 is 0. The Hall–Kier alpha value is -2.70. The van der Waals surface area contributed by atoms with E-state index in [9.17, 15) is 0 Å². The Bertz CT molecular complexity index is 687. The van der Waals surface area contributed by atoms with Crippen molar-refractivity contribution >= 4 is 11.4 Å². The minimum atomic E-state index is 0.327. The zero-order chi connectivity index (χ0) is 15.9. The van der Waals surface area contributed by atoms with Crippen LogP contribution in [0, 0.1) is 6.92 Å². The van der Waals surface area contributed by atoms with Crippen molar-refractivity contribution < 1.29 is 9.68 Å². The third-order valence-electron chi connectivity index (χ3n) is 2.73. The molecule has 0 amide bonds. The van der Waals surface area contributed by atoms with E-state index >= 15 is 0 Å². The van der Waals surface area contributed by atoms with Crippen LogP contribution in [0.4, 0.5) is 0 Å². The molecule has 116 valence electrons. The highest BCUT2D eigenvalue weighted by atomic mass is 16.6. The van der Waals surface area contributed by atoms with Crippen molar-refractivity contribution in [2.24, 2.45) is 10.3 Å². The smallest absolute Gasteiger partial charge is 0.203 e. The first-order valence-corrected chi connectivity index (χ1v) is 6.83. The molecular formula is C15H19N5O2. The molecule has 0 bridgehead atoms. The van der Waals surface area contributed by atoms with Gasteiger partial charge in [-0.25, -0.2) is 4.98 Å². The van der Waals surface area contributed by atoms with E-state index in [2.05, 4.69) is 25.5 Å². The van der Waals surface area contributed by atoms with E-state index in [1.54, 1.807) is 0 Å². The predicted molar refractivity (Wildman–Crippen MR) is 83.8 cm³/mol. The molecule has 0 fully saturated rings. The Labute approximate surface area is 129 Å². The van der Waals surface area contributed by atoms with Gasteiger partial charge in [0, 0.05) is 11.1 Å². The van der Waals surface area contributed by atoms with Gasteiger partial charge in [0.2, 0.25) is 5.82 Å². The van der Waals surface area contributed by atoms with Crippen molar-refractivity contribution in [2.45, 2.75) is 27.4 Å². The number of aromatic amines is 1. The quantitative estimate of drug-likeness (QED) is 0.656. The van der Waals surface area contributed by atoms with Gasteiger partial charge in [0.25, 0.3) is 0 Å². The van der Waals surface area contributed by atoms with Crippen LogP contribution in [0.2, 0.25) is 0 Å². The minimum absolute atomic E-state index is 0.327. The summed E-state index contributed by atoms with van der Waals surface area (Å²) in [6, 6.07) is 7.71. The standard InChI is InChI=1S/C15H19N5O2/c1-10(2)19-22-9-12-7-5-6-8-13(12)14(20-21-4)15-16-11(3)17-18-15/h5-8H,9H2,1-4H3,(H,16,17,18)/b20-14+. The van der Waals surface area contributed by atoms with E-state index in [4.69, 9.17) is 9.68 Å². The SMILES string of the molecule is CO/N=C(/c1n[nH]c(C)n1)c1ccccc1CON=C(C)C. The number of nitrogens with one attached hydrogen (secondary N) is 1. The summed E-state index contributed by atoms with van der Waals surface area (Å²) in [6.45, 7) is 5.91. The molecule has 7 heteroatoms. The first-order valence-electron chi connectivity index (χ1n) is 6.83. The lowest BCUT2D eigenvalue weighted by molar-refractivity contribution is 0.130. The zero-order valence-corrected chi connectivity index (χ0v) is 13.1. The molecule has 0 spiro atoms. The molecule has 2 aromatic rings. The monoisotopic (exact) mass is 301 g/mol. The summed E-state index contributed by atoms with van der Waals surface area (Å²) in [6.07, 6.45) is 0. The topological polar surface area (TPSA) is 84.8 Å². The lowest BCUT2D eigenvalue weighted by atomic mass is 10.0. The lowest BCUT2D eigenvalue weighted by Gasteiger charge is -2.08. The maximum absolute atomic E-state index is 5.33. The first kappa shape index (κ1) is 15.7. The second-order valence-corrected chi connectivity index (χ2v) is 4.84. The fraction of sp³-hybridized carbons (Fsp3) is 0.333. The molecule has 0 aliphatic rings. The predicted octanol–water partition coefficient (Wildman–Crippen LogP) is 2.42. The molecule has 0 unspecified atom stereocenters. The third-order valence-corrected chi connectivity index (χ3v) is 2.73. The minimum Gasteiger partial charge on any atom is -0.399 e. The Morgan fingerprint density at radius 3 is 2.64 bits per heavy atom. The molecule has 22 heavy (non-hydrogen) atoms. The zero-order valence-electron chi connectivity index (χ0n) is 13.1.